The number of benzene rings is 1. The van der Waals surface area contributed by atoms with Gasteiger partial charge in [-0.05, 0) is 39.0 Å². The molecule has 0 aliphatic heterocycles. The Morgan fingerprint density at radius 2 is 1.55 bits per heavy atom. The largest absolute Gasteiger partial charge is 0.0884 e. The lowest BCUT2D eigenvalue weighted by Gasteiger charge is -2.32. The van der Waals surface area contributed by atoms with E-state index in [9.17, 15) is 0 Å². The number of hydrogen-bond donors (Lipinski definition) is 0. The first-order valence-electron chi connectivity index (χ1n) is 8.12. The van der Waals surface area contributed by atoms with Gasteiger partial charge in [-0.15, -0.1) is 0 Å². The number of rotatable bonds is 2. The Kier molecular flexibility index (Phi) is 5.13. The molecule has 0 bridgehead atoms. The molecule has 0 amide bonds. The Labute approximate surface area is 138 Å². The van der Waals surface area contributed by atoms with Crippen LogP contribution < -0.4 is 0 Å². The first-order valence-corrected chi connectivity index (χ1v) is 9.12. The predicted molar refractivity (Wildman–Crippen MR) is 103 cm³/mol. The Hall–Kier alpha value is -1.13. The zero-order valence-electron chi connectivity index (χ0n) is 14.8. The standard InChI is InChI=1S/C21H29P/c1-20(2,3)19(22-21(4,5)6)18-14-12-17(13-15-18)16-10-8-7-9-11-16/h7-14,22H,15H2,1-6H3. The van der Waals surface area contributed by atoms with Gasteiger partial charge in [-0.3, -0.25) is 0 Å². The summed E-state index contributed by atoms with van der Waals surface area (Å²) >= 11 is 0. The van der Waals surface area contributed by atoms with E-state index < -0.39 is 0 Å². The molecule has 0 N–H and O–H groups in total. The third-order valence-corrected chi connectivity index (χ3v) is 5.76. The Bertz CT molecular complexity index is 602. The van der Waals surface area contributed by atoms with E-state index in [1.807, 2.05) is 0 Å². The number of hydrogen-bond acceptors (Lipinski definition) is 0. The van der Waals surface area contributed by atoms with Crippen molar-refractivity contribution in [1.82, 2.24) is 0 Å². The molecule has 0 radical (unpaired) electrons. The maximum absolute atomic E-state index is 2.38. The summed E-state index contributed by atoms with van der Waals surface area (Å²) in [7, 11) is 0.873. The zero-order chi connectivity index (χ0) is 16.4. The van der Waals surface area contributed by atoms with Crippen molar-refractivity contribution in [3.05, 3.63) is 65.0 Å². The van der Waals surface area contributed by atoms with Crippen LogP contribution >= 0.6 is 8.58 Å². The number of allylic oxidation sites excluding steroid dienone is 6. The minimum Gasteiger partial charge on any atom is -0.0884 e. The lowest BCUT2D eigenvalue weighted by molar-refractivity contribution is 0.525. The average Bonchev–Trinajstić information content (AvgIpc) is 2.44. The fraction of sp³-hybridized carbons (Fsp3) is 0.429. The fourth-order valence-corrected chi connectivity index (χ4v) is 4.17. The molecule has 0 saturated carbocycles. The lowest BCUT2D eigenvalue weighted by Crippen LogP contribution is -2.15. The van der Waals surface area contributed by atoms with E-state index >= 15 is 0 Å². The van der Waals surface area contributed by atoms with Crippen LogP contribution in [-0.2, 0) is 0 Å². The van der Waals surface area contributed by atoms with E-state index in [1.165, 1.54) is 16.7 Å². The second-order valence-corrected chi connectivity index (χ2v) is 10.3. The van der Waals surface area contributed by atoms with Crippen LogP contribution in [0.25, 0.3) is 5.57 Å². The van der Waals surface area contributed by atoms with Crippen LogP contribution in [0.4, 0.5) is 0 Å². The molecule has 22 heavy (non-hydrogen) atoms. The van der Waals surface area contributed by atoms with Crippen molar-refractivity contribution >= 4 is 14.2 Å². The van der Waals surface area contributed by atoms with Crippen LogP contribution in [-0.4, -0.2) is 5.16 Å². The summed E-state index contributed by atoms with van der Waals surface area (Å²) in [4.78, 5) is 0. The van der Waals surface area contributed by atoms with Crippen LogP contribution in [0.2, 0.25) is 0 Å². The first kappa shape index (κ1) is 17.2. The van der Waals surface area contributed by atoms with E-state index in [0.29, 0.717) is 5.16 Å². The van der Waals surface area contributed by atoms with Crippen molar-refractivity contribution in [2.45, 2.75) is 53.1 Å². The summed E-state index contributed by atoms with van der Waals surface area (Å²) in [6, 6.07) is 10.7. The predicted octanol–water partition coefficient (Wildman–Crippen LogP) is 6.81. The molecule has 0 saturated heterocycles. The van der Waals surface area contributed by atoms with Crippen LogP contribution in [0.3, 0.4) is 0 Å². The Morgan fingerprint density at radius 1 is 0.909 bits per heavy atom. The molecule has 118 valence electrons. The highest BCUT2D eigenvalue weighted by molar-refractivity contribution is 7.45. The normalized spacial score (nSPS) is 18.7. The van der Waals surface area contributed by atoms with Crippen LogP contribution in [0.5, 0.6) is 0 Å². The summed E-state index contributed by atoms with van der Waals surface area (Å²) in [6.45, 7) is 14.1. The highest BCUT2D eigenvalue weighted by Crippen LogP contribution is 2.49. The third-order valence-electron chi connectivity index (χ3n) is 3.68. The van der Waals surface area contributed by atoms with Gasteiger partial charge in [0, 0.05) is 0 Å². The molecule has 1 unspecified atom stereocenters. The molecular formula is C21H29P. The summed E-state index contributed by atoms with van der Waals surface area (Å²) in [5.74, 6) is 0. The van der Waals surface area contributed by atoms with Crippen LogP contribution in [0, 0.1) is 5.41 Å². The fourth-order valence-electron chi connectivity index (χ4n) is 2.70. The Morgan fingerprint density at radius 3 is 2.00 bits per heavy atom. The second kappa shape index (κ2) is 6.55. The van der Waals surface area contributed by atoms with E-state index in [2.05, 4.69) is 90.1 Å². The molecule has 2 rings (SSSR count). The van der Waals surface area contributed by atoms with E-state index in [1.54, 1.807) is 5.31 Å². The van der Waals surface area contributed by atoms with Gasteiger partial charge < -0.3 is 0 Å². The maximum atomic E-state index is 2.38. The minimum atomic E-state index is 0.240. The smallest absolute Gasteiger partial charge is 0.00850 e. The van der Waals surface area contributed by atoms with Gasteiger partial charge in [0.25, 0.3) is 0 Å². The molecule has 1 aromatic carbocycles. The summed E-state index contributed by atoms with van der Waals surface area (Å²) < 4.78 is 0. The molecule has 1 aliphatic rings. The molecule has 0 fully saturated rings. The van der Waals surface area contributed by atoms with Gasteiger partial charge in [-0.2, -0.15) is 0 Å². The van der Waals surface area contributed by atoms with Crippen LogP contribution in [0.1, 0.15) is 53.5 Å². The topological polar surface area (TPSA) is 0 Å². The van der Waals surface area contributed by atoms with Crippen molar-refractivity contribution in [2.24, 2.45) is 5.41 Å². The highest BCUT2D eigenvalue weighted by Gasteiger charge is 2.25. The molecule has 0 aromatic heterocycles. The van der Waals surface area contributed by atoms with Crippen molar-refractivity contribution in [3.63, 3.8) is 0 Å². The zero-order valence-corrected chi connectivity index (χ0v) is 15.8. The van der Waals surface area contributed by atoms with Gasteiger partial charge in [0.05, 0.1) is 0 Å². The van der Waals surface area contributed by atoms with E-state index in [-0.39, 0.29) is 5.41 Å². The monoisotopic (exact) mass is 312 g/mol. The maximum Gasteiger partial charge on any atom is -0.00850 e. The molecule has 0 spiro atoms. The van der Waals surface area contributed by atoms with Gasteiger partial charge in [0.1, 0.15) is 0 Å². The van der Waals surface area contributed by atoms with Crippen molar-refractivity contribution in [3.8, 4) is 0 Å². The highest BCUT2D eigenvalue weighted by atomic mass is 31.1. The first-order chi connectivity index (χ1) is 10.2. The van der Waals surface area contributed by atoms with Gasteiger partial charge >= 0.3 is 0 Å². The third kappa shape index (κ3) is 4.68. The van der Waals surface area contributed by atoms with Crippen LogP contribution in [0.15, 0.2) is 59.4 Å². The minimum absolute atomic E-state index is 0.240. The molecule has 1 aromatic rings. The molecule has 1 heteroatoms. The lowest BCUT2D eigenvalue weighted by atomic mass is 9.89. The SMILES string of the molecule is CC(C)(C)PC(=C1C=CC(c2ccccc2)=CC1)C(C)(C)C. The summed E-state index contributed by atoms with van der Waals surface area (Å²) in [5.41, 5.74) is 4.41. The molecule has 0 nitrogen and oxygen atoms in total. The molecule has 0 heterocycles. The van der Waals surface area contributed by atoms with Gasteiger partial charge in [0.2, 0.25) is 0 Å². The van der Waals surface area contributed by atoms with E-state index in [4.69, 9.17) is 0 Å². The van der Waals surface area contributed by atoms with Crippen molar-refractivity contribution in [2.75, 3.05) is 0 Å². The van der Waals surface area contributed by atoms with Gasteiger partial charge in [-0.25, -0.2) is 0 Å². The van der Waals surface area contributed by atoms with E-state index in [0.717, 1.165) is 15.0 Å². The quantitative estimate of drug-likeness (QED) is 0.526. The van der Waals surface area contributed by atoms with Gasteiger partial charge in [0.15, 0.2) is 0 Å². The summed E-state index contributed by atoms with van der Waals surface area (Å²) in [5, 5.41) is 1.98. The summed E-state index contributed by atoms with van der Waals surface area (Å²) in [6.07, 6.45) is 8.06. The molecule has 1 aliphatic carbocycles. The Balaban J connectivity index is 2.30. The van der Waals surface area contributed by atoms with Gasteiger partial charge in [-0.1, -0.05) is 98.7 Å². The second-order valence-electron chi connectivity index (χ2n) is 8.09. The average molecular weight is 312 g/mol. The molecule has 1 atom stereocenters. The molecular weight excluding hydrogens is 283 g/mol. The van der Waals surface area contributed by atoms with Crippen molar-refractivity contribution < 1.29 is 0 Å². The van der Waals surface area contributed by atoms with Crippen molar-refractivity contribution in [1.29, 1.82) is 0 Å².